The first kappa shape index (κ1) is 88.9. The fourth-order valence-electron chi connectivity index (χ4n) is 12.4. The van der Waals surface area contributed by atoms with E-state index >= 15 is 0 Å². The Hall–Kier alpha value is -3.29. The molecule has 3 rings (SSSR count). The summed E-state index contributed by atoms with van der Waals surface area (Å²) in [5, 5.41) is 121. The van der Waals surface area contributed by atoms with Crippen LogP contribution in [0.4, 0.5) is 0 Å². The van der Waals surface area contributed by atoms with Crippen molar-refractivity contribution >= 4 is 5.91 Å². The number of amides is 1. The molecule has 566 valence electrons. The lowest BCUT2D eigenvalue weighted by Crippen LogP contribution is -2.66. The number of hydrogen-bond acceptors (Lipinski definition) is 18. The summed E-state index contributed by atoms with van der Waals surface area (Å²) in [5.74, 6) is -0.295. The standard InChI is InChI=1S/C79H137NO18/c1-3-5-7-9-11-13-15-17-19-21-23-25-27-29-31-33-35-37-39-41-43-45-47-49-51-53-55-57-67(85)80-62(63(84)56-54-52-50-48-46-44-42-40-38-36-34-32-30-28-26-24-22-20-18-16-14-12-10-8-6-4-2)61-93-77-73(91)70(88)75(65(59-82)95-77)98-79-74(92)71(89)76(66(60-83)96-79)97-78-72(90)69(87)68(86)64(58-81)94-78/h5,7,11,13,17,19,23,25,29,31,38,40,46,48,54,56,62-66,68-79,81-84,86-92H,3-4,6,8-10,12,14-16,18,20-22,24,26-28,30,32-37,39,41-45,47,49-53,55,57-61H2,1-2H3,(H,80,85)/b7-5-,13-11-,19-17-,25-23-,31-29-,40-38+,48-46+,56-54+. The molecule has 3 fully saturated rings. The third kappa shape index (κ3) is 39.4. The fraction of sp³-hybridized carbons (Fsp3) is 0.785. The molecule has 0 spiro atoms. The molecule has 3 aliphatic rings. The van der Waals surface area contributed by atoms with Gasteiger partial charge in [-0.05, 0) is 89.9 Å². The van der Waals surface area contributed by atoms with Gasteiger partial charge >= 0.3 is 0 Å². The first-order chi connectivity index (χ1) is 47.8. The maximum Gasteiger partial charge on any atom is 0.220 e. The van der Waals surface area contributed by atoms with Crippen molar-refractivity contribution in [1.29, 1.82) is 0 Å². The van der Waals surface area contributed by atoms with Crippen molar-refractivity contribution in [2.75, 3.05) is 26.4 Å². The molecule has 19 nitrogen and oxygen atoms in total. The number of hydrogen-bond donors (Lipinski definition) is 12. The molecule has 3 heterocycles. The Bertz CT molecular complexity index is 2150. The molecule has 1 amide bonds. The predicted octanol–water partition coefficient (Wildman–Crippen LogP) is 12.0. The summed E-state index contributed by atoms with van der Waals surface area (Å²) >= 11 is 0. The number of aliphatic hydroxyl groups excluding tert-OH is 11. The van der Waals surface area contributed by atoms with Gasteiger partial charge in [-0.1, -0.05) is 265 Å². The summed E-state index contributed by atoms with van der Waals surface area (Å²) in [4.78, 5) is 13.5. The van der Waals surface area contributed by atoms with Crippen molar-refractivity contribution in [1.82, 2.24) is 5.32 Å². The van der Waals surface area contributed by atoms with Crippen molar-refractivity contribution in [3.05, 3.63) is 97.2 Å². The number of carbonyl (C=O) groups excluding carboxylic acids is 1. The Labute approximate surface area is 590 Å². The quantitative estimate of drug-likeness (QED) is 0.0199. The molecule has 3 aliphatic heterocycles. The van der Waals surface area contributed by atoms with Crippen LogP contribution < -0.4 is 5.32 Å². The lowest BCUT2D eigenvalue weighted by molar-refractivity contribution is -0.379. The minimum absolute atomic E-state index is 0.223. The van der Waals surface area contributed by atoms with Crippen LogP contribution in [0.3, 0.4) is 0 Å². The van der Waals surface area contributed by atoms with Gasteiger partial charge in [-0.25, -0.2) is 0 Å². The van der Waals surface area contributed by atoms with E-state index in [1.807, 2.05) is 6.08 Å². The first-order valence-corrected chi connectivity index (χ1v) is 38.5. The Morgan fingerprint density at radius 3 is 1.14 bits per heavy atom. The van der Waals surface area contributed by atoms with Crippen molar-refractivity contribution in [3.8, 4) is 0 Å². The van der Waals surface area contributed by atoms with E-state index in [2.05, 4.69) is 104 Å². The second-order valence-electron chi connectivity index (χ2n) is 27.1. The van der Waals surface area contributed by atoms with Gasteiger partial charge in [0.15, 0.2) is 18.9 Å². The van der Waals surface area contributed by atoms with Gasteiger partial charge in [0.1, 0.15) is 73.2 Å². The van der Waals surface area contributed by atoms with Gasteiger partial charge in [-0.2, -0.15) is 0 Å². The lowest BCUT2D eigenvalue weighted by atomic mass is 9.96. The number of aliphatic hydroxyl groups is 11. The molecule has 98 heavy (non-hydrogen) atoms. The zero-order valence-corrected chi connectivity index (χ0v) is 60.2. The maximum atomic E-state index is 13.5. The summed E-state index contributed by atoms with van der Waals surface area (Å²) in [5.41, 5.74) is 0. The third-order valence-corrected chi connectivity index (χ3v) is 18.6. The van der Waals surface area contributed by atoms with E-state index < -0.39 is 124 Å². The highest BCUT2D eigenvalue weighted by Gasteiger charge is 2.53. The molecule has 0 bridgehead atoms. The van der Waals surface area contributed by atoms with Crippen LogP contribution in [-0.4, -0.2) is 193 Å². The van der Waals surface area contributed by atoms with E-state index in [4.69, 9.17) is 28.4 Å². The molecule has 0 aromatic heterocycles. The fourth-order valence-corrected chi connectivity index (χ4v) is 12.4. The summed E-state index contributed by atoms with van der Waals surface area (Å²) in [6.07, 6.45) is 52.4. The summed E-state index contributed by atoms with van der Waals surface area (Å²) in [6, 6.07) is -1.01. The molecule has 17 unspecified atom stereocenters. The van der Waals surface area contributed by atoms with Crippen LogP contribution in [0, 0.1) is 0 Å². The zero-order valence-electron chi connectivity index (χ0n) is 60.2. The van der Waals surface area contributed by atoms with Crippen LogP contribution >= 0.6 is 0 Å². The van der Waals surface area contributed by atoms with Crippen LogP contribution in [0.25, 0.3) is 0 Å². The molecular weight excluding hydrogens is 1250 g/mol. The average Bonchev–Trinajstić information content (AvgIpc) is 0.785. The molecular formula is C79H137NO18. The largest absolute Gasteiger partial charge is 0.394 e. The summed E-state index contributed by atoms with van der Waals surface area (Å²) < 4.78 is 34.4. The topological polar surface area (TPSA) is 307 Å². The number of nitrogens with one attached hydrogen (secondary N) is 1. The molecule has 12 N–H and O–H groups in total. The Balaban J connectivity index is 1.42. The van der Waals surface area contributed by atoms with Crippen LogP contribution in [-0.2, 0) is 33.2 Å². The number of unbranched alkanes of at least 4 members (excludes halogenated alkanes) is 29. The van der Waals surface area contributed by atoms with Crippen molar-refractivity contribution in [3.63, 3.8) is 0 Å². The second-order valence-corrected chi connectivity index (χ2v) is 27.1. The molecule has 0 aromatic carbocycles. The van der Waals surface area contributed by atoms with Crippen molar-refractivity contribution < 1.29 is 89.4 Å². The molecule has 0 aromatic rings. The number of carbonyl (C=O) groups is 1. The van der Waals surface area contributed by atoms with E-state index in [1.165, 1.54) is 141 Å². The molecule has 19 heteroatoms. The second kappa shape index (κ2) is 59.1. The first-order valence-electron chi connectivity index (χ1n) is 38.5. The van der Waals surface area contributed by atoms with Gasteiger partial charge in [0, 0.05) is 6.42 Å². The predicted molar refractivity (Wildman–Crippen MR) is 387 cm³/mol. The highest BCUT2D eigenvalue weighted by Crippen LogP contribution is 2.33. The van der Waals surface area contributed by atoms with E-state index in [0.717, 1.165) is 89.9 Å². The number of ether oxygens (including phenoxy) is 6. The SMILES string of the molecule is CC/C=C\C/C=C\C/C=C\C/C=C\C/C=C\CCCCCCCCCCCCCC(=O)NC(COC1OC(CO)C(OC2OC(CO)C(OC3OC(CO)C(O)C(O)C3O)C(O)C2O)C(O)C1O)C(O)/C=C/CC/C=C/CC/C=C/CCCCCCCCCCCCCCCCCC. The molecule has 0 radical (unpaired) electrons. The minimum Gasteiger partial charge on any atom is -0.394 e. The Kier molecular flexibility index (Phi) is 53.7. The molecule has 0 aliphatic carbocycles. The van der Waals surface area contributed by atoms with Gasteiger partial charge in [0.25, 0.3) is 0 Å². The highest BCUT2D eigenvalue weighted by atomic mass is 16.8. The highest BCUT2D eigenvalue weighted by molar-refractivity contribution is 5.76. The van der Waals surface area contributed by atoms with Crippen LogP contribution in [0.15, 0.2) is 97.2 Å². The van der Waals surface area contributed by atoms with Gasteiger partial charge in [0.2, 0.25) is 5.91 Å². The average molecular weight is 1390 g/mol. The summed E-state index contributed by atoms with van der Waals surface area (Å²) in [6.45, 7) is 1.61. The van der Waals surface area contributed by atoms with E-state index in [1.54, 1.807) is 6.08 Å². The van der Waals surface area contributed by atoms with Crippen molar-refractivity contribution in [2.24, 2.45) is 0 Å². The third-order valence-electron chi connectivity index (χ3n) is 18.6. The van der Waals surface area contributed by atoms with E-state index in [0.29, 0.717) is 12.8 Å². The minimum atomic E-state index is -1.99. The van der Waals surface area contributed by atoms with E-state index in [9.17, 15) is 61.0 Å². The smallest absolute Gasteiger partial charge is 0.220 e. The Morgan fingerprint density at radius 2 is 0.714 bits per heavy atom. The van der Waals surface area contributed by atoms with Crippen LogP contribution in [0.2, 0.25) is 0 Å². The van der Waals surface area contributed by atoms with Crippen LogP contribution in [0.5, 0.6) is 0 Å². The normalized spacial score (nSPS) is 27.3. The maximum absolute atomic E-state index is 13.5. The lowest BCUT2D eigenvalue weighted by Gasteiger charge is -2.48. The number of allylic oxidation sites excluding steroid dienone is 15. The van der Waals surface area contributed by atoms with Gasteiger partial charge in [-0.15, -0.1) is 0 Å². The monoisotopic (exact) mass is 1390 g/mol. The van der Waals surface area contributed by atoms with Crippen molar-refractivity contribution in [2.45, 2.75) is 369 Å². The zero-order chi connectivity index (χ0) is 71.1. The molecule has 3 saturated heterocycles. The van der Waals surface area contributed by atoms with Crippen LogP contribution in [0.1, 0.15) is 264 Å². The van der Waals surface area contributed by atoms with E-state index in [-0.39, 0.29) is 18.9 Å². The molecule has 17 atom stereocenters. The van der Waals surface area contributed by atoms with Gasteiger partial charge < -0.3 is 89.9 Å². The molecule has 0 saturated carbocycles. The van der Waals surface area contributed by atoms with Gasteiger partial charge in [0.05, 0.1) is 38.6 Å². The van der Waals surface area contributed by atoms with Gasteiger partial charge in [-0.3, -0.25) is 4.79 Å². The number of rotatable bonds is 59. The summed E-state index contributed by atoms with van der Waals surface area (Å²) in [7, 11) is 0. The Morgan fingerprint density at radius 1 is 0.378 bits per heavy atom.